The van der Waals surface area contributed by atoms with Gasteiger partial charge in [-0.25, -0.2) is 4.98 Å². The van der Waals surface area contributed by atoms with Crippen LogP contribution in [0.5, 0.6) is 5.75 Å². The van der Waals surface area contributed by atoms with Gasteiger partial charge in [0.05, 0.1) is 0 Å². The summed E-state index contributed by atoms with van der Waals surface area (Å²) < 4.78 is 8.34. The Balaban J connectivity index is 1.64. The third-order valence-corrected chi connectivity index (χ3v) is 5.59. The zero-order chi connectivity index (χ0) is 21.2. The van der Waals surface area contributed by atoms with Crippen molar-refractivity contribution in [2.24, 2.45) is 0 Å². The molecule has 3 aromatic carbocycles. The number of aromatic nitrogens is 2. The third kappa shape index (κ3) is 3.50. The molecule has 0 saturated heterocycles. The van der Waals surface area contributed by atoms with Crippen molar-refractivity contribution in [3.63, 3.8) is 0 Å². The van der Waals surface area contributed by atoms with E-state index in [9.17, 15) is 0 Å². The van der Waals surface area contributed by atoms with E-state index in [0.29, 0.717) is 6.61 Å². The summed E-state index contributed by atoms with van der Waals surface area (Å²) in [6.45, 7) is 5.60. The molecule has 0 aliphatic heterocycles. The topological polar surface area (TPSA) is 38.6 Å². The van der Waals surface area contributed by atoms with Gasteiger partial charge >= 0.3 is 0 Å². The first-order chi connectivity index (χ1) is 15.3. The molecule has 154 valence electrons. The molecule has 0 bridgehead atoms. The summed E-state index contributed by atoms with van der Waals surface area (Å²) in [6, 6.07) is 26.9. The lowest BCUT2D eigenvalue weighted by Crippen LogP contribution is -2.02. The fraction of sp³-hybridized carbons (Fsp3) is 0.148. The SMILES string of the molecule is CCNc1c(-c2ccccc2C)nc2c3cccc(OCc4ccccc4)c3ccn12. The monoisotopic (exact) mass is 407 g/mol. The van der Waals surface area contributed by atoms with Crippen LogP contribution in [0.2, 0.25) is 0 Å². The van der Waals surface area contributed by atoms with Crippen LogP contribution in [0.3, 0.4) is 0 Å². The molecule has 1 N–H and O–H groups in total. The second kappa shape index (κ2) is 8.15. The smallest absolute Gasteiger partial charge is 0.147 e. The molecule has 4 nitrogen and oxygen atoms in total. The van der Waals surface area contributed by atoms with E-state index in [1.54, 1.807) is 0 Å². The first-order valence-electron chi connectivity index (χ1n) is 10.7. The summed E-state index contributed by atoms with van der Waals surface area (Å²) in [7, 11) is 0. The van der Waals surface area contributed by atoms with Crippen LogP contribution in [-0.2, 0) is 6.61 Å². The molecular formula is C27H25N3O. The van der Waals surface area contributed by atoms with Crippen molar-refractivity contribution in [2.75, 3.05) is 11.9 Å². The zero-order valence-corrected chi connectivity index (χ0v) is 17.8. The maximum Gasteiger partial charge on any atom is 0.147 e. The van der Waals surface area contributed by atoms with E-state index >= 15 is 0 Å². The van der Waals surface area contributed by atoms with Crippen LogP contribution in [0.25, 0.3) is 27.7 Å². The molecule has 31 heavy (non-hydrogen) atoms. The molecule has 0 radical (unpaired) electrons. The Kier molecular flexibility index (Phi) is 5.04. The van der Waals surface area contributed by atoms with Gasteiger partial charge in [0.2, 0.25) is 0 Å². The molecular weight excluding hydrogens is 382 g/mol. The predicted molar refractivity (Wildman–Crippen MR) is 128 cm³/mol. The lowest BCUT2D eigenvalue weighted by Gasteiger charge is -2.11. The number of hydrogen-bond donors (Lipinski definition) is 1. The average molecular weight is 408 g/mol. The number of ether oxygens (including phenoxy) is 1. The summed E-state index contributed by atoms with van der Waals surface area (Å²) in [6.07, 6.45) is 2.08. The van der Waals surface area contributed by atoms with Gasteiger partial charge in [0.1, 0.15) is 29.5 Å². The number of fused-ring (bicyclic) bond motifs is 3. The van der Waals surface area contributed by atoms with Crippen LogP contribution >= 0.6 is 0 Å². The number of imidazole rings is 1. The summed E-state index contributed by atoms with van der Waals surface area (Å²) in [5, 5.41) is 5.66. The van der Waals surface area contributed by atoms with E-state index in [4.69, 9.17) is 9.72 Å². The van der Waals surface area contributed by atoms with Gasteiger partial charge in [-0.2, -0.15) is 0 Å². The maximum absolute atomic E-state index is 6.19. The molecule has 0 aliphatic carbocycles. The van der Waals surface area contributed by atoms with E-state index in [0.717, 1.165) is 51.4 Å². The van der Waals surface area contributed by atoms with E-state index in [2.05, 4.69) is 78.3 Å². The highest BCUT2D eigenvalue weighted by Crippen LogP contribution is 2.35. The van der Waals surface area contributed by atoms with Crippen LogP contribution in [0, 0.1) is 6.92 Å². The Labute approximate surface area is 182 Å². The van der Waals surface area contributed by atoms with E-state index < -0.39 is 0 Å². The van der Waals surface area contributed by atoms with Gasteiger partial charge in [0, 0.05) is 29.1 Å². The molecule has 0 fully saturated rings. The largest absolute Gasteiger partial charge is 0.488 e. The first-order valence-corrected chi connectivity index (χ1v) is 10.7. The Hall–Kier alpha value is -3.79. The van der Waals surface area contributed by atoms with Crippen LogP contribution in [0.4, 0.5) is 5.82 Å². The first kappa shape index (κ1) is 19.2. The number of nitrogens with one attached hydrogen (secondary N) is 1. The highest BCUT2D eigenvalue weighted by Gasteiger charge is 2.17. The molecule has 0 atom stereocenters. The lowest BCUT2D eigenvalue weighted by atomic mass is 10.1. The van der Waals surface area contributed by atoms with E-state index in [-0.39, 0.29) is 0 Å². The van der Waals surface area contributed by atoms with Crippen molar-refractivity contribution in [3.8, 4) is 17.0 Å². The minimum absolute atomic E-state index is 0.538. The van der Waals surface area contributed by atoms with Gasteiger partial charge in [-0.3, -0.25) is 4.40 Å². The van der Waals surface area contributed by atoms with Gasteiger partial charge in [-0.15, -0.1) is 0 Å². The molecule has 2 aromatic heterocycles. The molecule has 0 aliphatic rings. The highest BCUT2D eigenvalue weighted by atomic mass is 16.5. The molecule has 0 saturated carbocycles. The minimum atomic E-state index is 0.538. The maximum atomic E-state index is 6.19. The molecule has 0 unspecified atom stereocenters. The number of hydrogen-bond acceptors (Lipinski definition) is 3. The fourth-order valence-corrected chi connectivity index (χ4v) is 4.05. The molecule has 4 heteroatoms. The van der Waals surface area contributed by atoms with Crippen LogP contribution in [-0.4, -0.2) is 15.9 Å². The zero-order valence-electron chi connectivity index (χ0n) is 17.8. The molecule has 5 rings (SSSR count). The summed E-state index contributed by atoms with van der Waals surface area (Å²) in [4.78, 5) is 5.09. The van der Waals surface area contributed by atoms with Crippen molar-refractivity contribution in [1.82, 2.24) is 9.38 Å². The minimum Gasteiger partial charge on any atom is -0.488 e. The van der Waals surface area contributed by atoms with Crippen molar-refractivity contribution in [1.29, 1.82) is 0 Å². The second-order valence-corrected chi connectivity index (χ2v) is 7.66. The number of rotatable bonds is 6. The van der Waals surface area contributed by atoms with Crippen LogP contribution in [0.15, 0.2) is 85.1 Å². The van der Waals surface area contributed by atoms with Gasteiger partial charge in [0.25, 0.3) is 0 Å². The number of anilines is 1. The van der Waals surface area contributed by atoms with E-state index in [1.807, 2.05) is 30.3 Å². The number of nitrogens with zero attached hydrogens (tertiary/aromatic N) is 2. The fourth-order valence-electron chi connectivity index (χ4n) is 4.05. The quantitative estimate of drug-likeness (QED) is 0.350. The Morgan fingerprint density at radius 2 is 1.68 bits per heavy atom. The second-order valence-electron chi connectivity index (χ2n) is 7.66. The Bertz CT molecular complexity index is 1360. The number of pyridine rings is 1. The predicted octanol–water partition coefficient (Wildman–Crippen LogP) is 6.47. The number of aryl methyl sites for hydroxylation is 1. The van der Waals surface area contributed by atoms with Crippen molar-refractivity contribution in [3.05, 3.63) is 96.2 Å². The van der Waals surface area contributed by atoms with Gasteiger partial charge in [-0.1, -0.05) is 66.7 Å². The Morgan fingerprint density at radius 3 is 2.48 bits per heavy atom. The summed E-state index contributed by atoms with van der Waals surface area (Å²) >= 11 is 0. The molecule has 0 spiro atoms. The summed E-state index contributed by atoms with van der Waals surface area (Å²) in [5.41, 5.74) is 5.41. The lowest BCUT2D eigenvalue weighted by molar-refractivity contribution is 0.310. The standard InChI is InChI=1S/C27H25N3O/c1-3-28-27-25(21-13-8-7-10-19(21)2)29-26-23-14-9-15-24(22(23)16-17-30(26)27)31-18-20-11-5-4-6-12-20/h4-17,28H,3,18H2,1-2H3. The van der Waals surface area contributed by atoms with Crippen molar-refractivity contribution < 1.29 is 4.74 Å². The van der Waals surface area contributed by atoms with Crippen LogP contribution < -0.4 is 10.1 Å². The van der Waals surface area contributed by atoms with Gasteiger partial charge in [0.15, 0.2) is 0 Å². The van der Waals surface area contributed by atoms with Crippen molar-refractivity contribution >= 4 is 22.2 Å². The molecule has 5 aromatic rings. The number of benzene rings is 3. The molecule has 2 heterocycles. The van der Waals surface area contributed by atoms with Gasteiger partial charge in [-0.05, 0) is 37.1 Å². The highest BCUT2D eigenvalue weighted by molar-refractivity contribution is 6.00. The van der Waals surface area contributed by atoms with Crippen molar-refractivity contribution in [2.45, 2.75) is 20.5 Å². The average Bonchev–Trinajstić information content (AvgIpc) is 3.17. The van der Waals surface area contributed by atoms with E-state index in [1.165, 1.54) is 5.56 Å². The van der Waals surface area contributed by atoms with Gasteiger partial charge < -0.3 is 10.1 Å². The molecule has 0 amide bonds. The Morgan fingerprint density at radius 1 is 0.871 bits per heavy atom. The van der Waals surface area contributed by atoms with Crippen LogP contribution in [0.1, 0.15) is 18.1 Å². The normalized spacial score (nSPS) is 11.2. The third-order valence-electron chi connectivity index (χ3n) is 5.59. The summed E-state index contributed by atoms with van der Waals surface area (Å²) in [5.74, 6) is 1.89.